The zero-order valence-electron chi connectivity index (χ0n) is 9.56. The first-order chi connectivity index (χ1) is 7.93. The van der Waals surface area contributed by atoms with Gasteiger partial charge in [-0.1, -0.05) is 6.42 Å². The monoisotopic (exact) mass is 221 g/mol. The molecule has 1 aromatic heterocycles. The van der Waals surface area contributed by atoms with Crippen LogP contribution >= 0.6 is 0 Å². The maximum absolute atomic E-state index is 5.58. The molecule has 88 valence electrons. The van der Waals surface area contributed by atoms with Gasteiger partial charge in [-0.25, -0.2) is 0 Å². The Morgan fingerprint density at radius 3 is 3.12 bits per heavy atom. The summed E-state index contributed by atoms with van der Waals surface area (Å²) in [6.07, 6.45) is 6.06. The summed E-state index contributed by atoms with van der Waals surface area (Å²) in [6.45, 7) is 3.96. The molecule has 4 heteroatoms. The normalized spacial score (nSPS) is 27.9. The molecule has 2 heterocycles. The standard InChI is InChI=1S/C12H19N3O/c1-2-10(3-1)8-15-6-7-16-9-12(15)11-4-5-13-14-11/h4-5,10,12H,1-3,6-9H2,(H,13,14)/t12-/m0/s1. The summed E-state index contributed by atoms with van der Waals surface area (Å²) in [7, 11) is 0. The Labute approximate surface area is 96.0 Å². The highest BCUT2D eigenvalue weighted by Crippen LogP contribution is 2.31. The van der Waals surface area contributed by atoms with E-state index in [9.17, 15) is 0 Å². The molecule has 1 aliphatic heterocycles. The fraction of sp³-hybridized carbons (Fsp3) is 0.750. The average Bonchev–Trinajstić information content (AvgIpc) is 2.77. The van der Waals surface area contributed by atoms with Crippen LogP contribution in [-0.4, -0.2) is 41.4 Å². The first-order valence-electron chi connectivity index (χ1n) is 6.24. The lowest BCUT2D eigenvalue weighted by Gasteiger charge is -2.39. The lowest BCUT2D eigenvalue weighted by atomic mass is 9.84. The van der Waals surface area contributed by atoms with Crippen LogP contribution in [0, 0.1) is 5.92 Å². The van der Waals surface area contributed by atoms with Crippen molar-refractivity contribution in [1.29, 1.82) is 0 Å². The van der Waals surface area contributed by atoms with E-state index >= 15 is 0 Å². The van der Waals surface area contributed by atoms with Gasteiger partial charge in [0.05, 0.1) is 24.9 Å². The van der Waals surface area contributed by atoms with Crippen molar-refractivity contribution < 1.29 is 4.74 Å². The second-order valence-corrected chi connectivity index (χ2v) is 4.89. The number of nitrogens with zero attached hydrogens (tertiary/aromatic N) is 2. The number of hydrogen-bond donors (Lipinski definition) is 1. The maximum atomic E-state index is 5.58. The Bertz CT molecular complexity index is 321. The van der Waals surface area contributed by atoms with Crippen LogP contribution < -0.4 is 0 Å². The van der Waals surface area contributed by atoms with E-state index < -0.39 is 0 Å². The second-order valence-electron chi connectivity index (χ2n) is 4.89. The largest absolute Gasteiger partial charge is 0.378 e. The van der Waals surface area contributed by atoms with E-state index in [-0.39, 0.29) is 0 Å². The smallest absolute Gasteiger partial charge is 0.0752 e. The number of rotatable bonds is 3. The molecule has 16 heavy (non-hydrogen) atoms. The van der Waals surface area contributed by atoms with Gasteiger partial charge in [0.15, 0.2) is 0 Å². The summed E-state index contributed by atoms with van der Waals surface area (Å²) in [5, 5.41) is 7.11. The topological polar surface area (TPSA) is 41.1 Å². The number of aromatic amines is 1. The van der Waals surface area contributed by atoms with Crippen molar-refractivity contribution in [2.75, 3.05) is 26.3 Å². The number of aromatic nitrogens is 2. The van der Waals surface area contributed by atoms with Crippen molar-refractivity contribution in [2.24, 2.45) is 5.92 Å². The minimum atomic E-state index is 0.386. The molecule has 2 fully saturated rings. The van der Waals surface area contributed by atoms with Gasteiger partial charge < -0.3 is 4.74 Å². The molecule has 1 aromatic rings. The predicted molar refractivity (Wildman–Crippen MR) is 61.1 cm³/mol. The van der Waals surface area contributed by atoms with Gasteiger partial charge in [0.25, 0.3) is 0 Å². The Hall–Kier alpha value is -0.870. The molecule has 1 atom stereocenters. The molecule has 1 saturated heterocycles. The average molecular weight is 221 g/mol. The van der Waals surface area contributed by atoms with Gasteiger partial charge in [-0.2, -0.15) is 5.10 Å². The van der Waals surface area contributed by atoms with Crippen LogP contribution in [0.2, 0.25) is 0 Å². The third kappa shape index (κ3) is 1.99. The second kappa shape index (κ2) is 4.55. The van der Waals surface area contributed by atoms with Gasteiger partial charge in [-0.05, 0) is 24.8 Å². The number of nitrogens with one attached hydrogen (secondary N) is 1. The van der Waals surface area contributed by atoms with Gasteiger partial charge >= 0.3 is 0 Å². The van der Waals surface area contributed by atoms with Crippen LogP contribution in [0.15, 0.2) is 12.3 Å². The maximum Gasteiger partial charge on any atom is 0.0752 e. The Balaban J connectivity index is 1.68. The van der Waals surface area contributed by atoms with Crippen LogP contribution in [0.25, 0.3) is 0 Å². The quantitative estimate of drug-likeness (QED) is 0.842. The highest BCUT2D eigenvalue weighted by atomic mass is 16.5. The molecule has 0 aromatic carbocycles. The van der Waals surface area contributed by atoms with Gasteiger partial charge in [-0.3, -0.25) is 10.00 Å². The molecule has 4 nitrogen and oxygen atoms in total. The molecule has 0 radical (unpaired) electrons. The number of H-pyrrole nitrogens is 1. The Kier molecular flexibility index (Phi) is 2.93. The molecular weight excluding hydrogens is 202 g/mol. The highest BCUT2D eigenvalue weighted by molar-refractivity contribution is 5.06. The van der Waals surface area contributed by atoms with E-state index in [1.807, 2.05) is 6.20 Å². The van der Waals surface area contributed by atoms with E-state index in [0.717, 1.165) is 25.7 Å². The molecule has 1 aliphatic carbocycles. The highest BCUT2D eigenvalue weighted by Gasteiger charge is 2.29. The lowest BCUT2D eigenvalue weighted by Crippen LogP contribution is -2.43. The molecular formula is C12H19N3O. The molecule has 1 N–H and O–H groups in total. The SMILES string of the molecule is c1cc([C@@H]2COCCN2CC2CCC2)[nH]n1. The Morgan fingerprint density at radius 2 is 2.44 bits per heavy atom. The summed E-state index contributed by atoms with van der Waals surface area (Å²) >= 11 is 0. The summed E-state index contributed by atoms with van der Waals surface area (Å²) in [5.41, 5.74) is 1.19. The van der Waals surface area contributed by atoms with Crippen LogP contribution in [0.1, 0.15) is 31.0 Å². The van der Waals surface area contributed by atoms with E-state index in [2.05, 4.69) is 21.2 Å². The first-order valence-corrected chi connectivity index (χ1v) is 6.24. The van der Waals surface area contributed by atoms with E-state index in [1.54, 1.807) is 0 Å². The third-order valence-electron chi connectivity index (χ3n) is 3.84. The van der Waals surface area contributed by atoms with E-state index in [0.29, 0.717) is 6.04 Å². The van der Waals surface area contributed by atoms with Crippen molar-refractivity contribution in [3.8, 4) is 0 Å². The number of morpholine rings is 1. The van der Waals surface area contributed by atoms with Crippen molar-refractivity contribution in [2.45, 2.75) is 25.3 Å². The minimum Gasteiger partial charge on any atom is -0.378 e. The molecule has 0 amide bonds. The van der Waals surface area contributed by atoms with Gasteiger partial charge in [-0.15, -0.1) is 0 Å². The summed E-state index contributed by atoms with van der Waals surface area (Å²) in [4.78, 5) is 2.56. The van der Waals surface area contributed by atoms with Gasteiger partial charge in [0.1, 0.15) is 0 Å². The fourth-order valence-electron chi connectivity index (χ4n) is 2.60. The van der Waals surface area contributed by atoms with Gasteiger partial charge in [0, 0.05) is 19.3 Å². The molecule has 0 unspecified atom stereocenters. The molecule has 3 rings (SSSR count). The van der Waals surface area contributed by atoms with Crippen LogP contribution in [0.5, 0.6) is 0 Å². The van der Waals surface area contributed by atoms with Crippen molar-refractivity contribution in [1.82, 2.24) is 15.1 Å². The zero-order valence-corrected chi connectivity index (χ0v) is 9.56. The summed E-state index contributed by atoms with van der Waals surface area (Å²) in [6, 6.07) is 2.45. The van der Waals surface area contributed by atoms with Crippen molar-refractivity contribution in [3.05, 3.63) is 18.0 Å². The summed E-state index contributed by atoms with van der Waals surface area (Å²) < 4.78 is 5.58. The zero-order chi connectivity index (χ0) is 10.8. The fourth-order valence-corrected chi connectivity index (χ4v) is 2.60. The van der Waals surface area contributed by atoms with Gasteiger partial charge in [0.2, 0.25) is 0 Å². The van der Waals surface area contributed by atoms with E-state index in [4.69, 9.17) is 4.74 Å². The molecule has 0 spiro atoms. The summed E-state index contributed by atoms with van der Waals surface area (Å²) in [5.74, 6) is 0.920. The lowest BCUT2D eigenvalue weighted by molar-refractivity contribution is -0.0224. The third-order valence-corrected chi connectivity index (χ3v) is 3.84. The minimum absolute atomic E-state index is 0.386. The molecule has 0 bridgehead atoms. The first kappa shape index (κ1) is 10.3. The van der Waals surface area contributed by atoms with Crippen LogP contribution in [0.3, 0.4) is 0 Å². The van der Waals surface area contributed by atoms with Crippen molar-refractivity contribution >= 4 is 0 Å². The van der Waals surface area contributed by atoms with Crippen molar-refractivity contribution in [3.63, 3.8) is 0 Å². The van der Waals surface area contributed by atoms with Crippen LogP contribution in [-0.2, 0) is 4.74 Å². The number of ether oxygens (including phenoxy) is 1. The number of hydrogen-bond acceptors (Lipinski definition) is 3. The Morgan fingerprint density at radius 1 is 1.50 bits per heavy atom. The predicted octanol–water partition coefficient (Wildman–Crippen LogP) is 1.58. The van der Waals surface area contributed by atoms with E-state index in [1.165, 1.54) is 31.5 Å². The molecule has 2 aliphatic rings. The molecule has 1 saturated carbocycles. The van der Waals surface area contributed by atoms with Crippen LogP contribution in [0.4, 0.5) is 0 Å².